The Morgan fingerprint density at radius 2 is 1.45 bits per heavy atom. The topological polar surface area (TPSA) is 56.2 Å². The van der Waals surface area contributed by atoms with Crippen LogP contribution in [0.2, 0.25) is 0 Å². The molecule has 2 heterocycles. The second-order valence-corrected chi connectivity index (χ2v) is 7.69. The average Bonchev–Trinajstić information content (AvgIpc) is 3.03. The molecule has 6 nitrogen and oxygen atoms in total. The first-order valence-corrected chi connectivity index (χ1v) is 10.0. The van der Waals surface area contributed by atoms with Crippen molar-refractivity contribution in [2.24, 2.45) is 4.99 Å². The Labute approximate surface area is 171 Å². The van der Waals surface area contributed by atoms with E-state index in [1.165, 1.54) is 0 Å². The zero-order valence-corrected chi connectivity index (χ0v) is 17.1. The Hall–Kier alpha value is -3.15. The summed E-state index contributed by atoms with van der Waals surface area (Å²) in [6.45, 7) is 8.72. The number of carbonyl (C=O) groups excluding carboxylic acids is 2. The van der Waals surface area contributed by atoms with E-state index < -0.39 is 0 Å². The molecule has 1 fully saturated rings. The van der Waals surface area contributed by atoms with Crippen molar-refractivity contribution in [1.29, 1.82) is 0 Å². The normalized spacial score (nSPS) is 19.6. The van der Waals surface area contributed by atoms with Gasteiger partial charge in [-0.3, -0.25) is 9.59 Å². The first kappa shape index (κ1) is 19.2. The molecule has 2 aliphatic heterocycles. The Morgan fingerprint density at radius 3 is 2.03 bits per heavy atom. The molecule has 2 aromatic carbocycles. The van der Waals surface area contributed by atoms with Gasteiger partial charge in [0.1, 0.15) is 6.04 Å². The number of Topliss-reactive ketones (excluding diaryl/α,β-unsaturated/α-hetero) is 1. The van der Waals surface area contributed by atoms with Gasteiger partial charge in [0.25, 0.3) is 5.91 Å². The van der Waals surface area contributed by atoms with Crippen LogP contribution >= 0.6 is 0 Å². The number of nitrogens with zero attached hydrogens (tertiary/aromatic N) is 4. The van der Waals surface area contributed by atoms with Gasteiger partial charge >= 0.3 is 0 Å². The van der Waals surface area contributed by atoms with Crippen LogP contribution in [0.3, 0.4) is 0 Å². The predicted molar refractivity (Wildman–Crippen MR) is 116 cm³/mol. The number of aryl methyl sites for hydroxylation is 1. The van der Waals surface area contributed by atoms with Crippen LogP contribution < -0.4 is 9.80 Å². The molecule has 2 aromatic rings. The number of piperazine rings is 1. The lowest BCUT2D eigenvalue weighted by atomic mass is 10.1. The summed E-state index contributed by atoms with van der Waals surface area (Å²) in [6, 6.07) is 15.4. The third kappa shape index (κ3) is 3.75. The van der Waals surface area contributed by atoms with Crippen LogP contribution in [-0.4, -0.2) is 54.8 Å². The molecular weight excluding hydrogens is 364 g/mol. The number of rotatable bonds is 3. The van der Waals surface area contributed by atoms with Crippen molar-refractivity contribution in [2.75, 3.05) is 36.0 Å². The fourth-order valence-corrected chi connectivity index (χ4v) is 3.80. The van der Waals surface area contributed by atoms with E-state index in [9.17, 15) is 9.59 Å². The smallest absolute Gasteiger partial charge is 0.258 e. The van der Waals surface area contributed by atoms with E-state index in [0.717, 1.165) is 54.6 Å². The fourth-order valence-electron chi connectivity index (χ4n) is 3.80. The number of hydrogen-bond acceptors (Lipinski definition) is 5. The van der Waals surface area contributed by atoms with Gasteiger partial charge in [-0.25, -0.2) is 9.89 Å². The molecular formula is C23H26N4O2. The molecule has 1 atom stereocenters. The van der Waals surface area contributed by atoms with Crippen molar-refractivity contribution >= 4 is 29.0 Å². The molecule has 1 unspecified atom stereocenters. The molecule has 0 radical (unpaired) electrons. The monoisotopic (exact) mass is 390 g/mol. The standard InChI is InChI=1S/C23H26N4O2/c1-16-4-8-21(9-5-16)27-22(29)17(2)24-23(27)26-14-12-25(13-15-26)20-10-6-19(7-11-20)18(3)28/h4-11,17H,12-15H2,1-3H3. The average molecular weight is 390 g/mol. The Morgan fingerprint density at radius 1 is 0.897 bits per heavy atom. The second-order valence-electron chi connectivity index (χ2n) is 7.69. The van der Waals surface area contributed by atoms with Gasteiger partial charge in [0.2, 0.25) is 5.96 Å². The van der Waals surface area contributed by atoms with Gasteiger partial charge in [-0.1, -0.05) is 17.7 Å². The maximum absolute atomic E-state index is 12.8. The van der Waals surface area contributed by atoms with E-state index >= 15 is 0 Å². The molecule has 1 amide bonds. The summed E-state index contributed by atoms with van der Waals surface area (Å²) in [5, 5.41) is 0. The van der Waals surface area contributed by atoms with Crippen LogP contribution in [-0.2, 0) is 4.79 Å². The second kappa shape index (κ2) is 7.70. The summed E-state index contributed by atoms with van der Waals surface area (Å²) in [7, 11) is 0. The number of hydrogen-bond donors (Lipinski definition) is 0. The van der Waals surface area contributed by atoms with Gasteiger partial charge in [0, 0.05) is 37.4 Å². The van der Waals surface area contributed by atoms with Crippen LogP contribution in [0, 0.1) is 6.92 Å². The van der Waals surface area contributed by atoms with Gasteiger partial charge in [0.05, 0.1) is 5.69 Å². The maximum Gasteiger partial charge on any atom is 0.258 e. The van der Waals surface area contributed by atoms with E-state index in [4.69, 9.17) is 0 Å². The number of ketones is 1. The highest BCUT2D eigenvalue weighted by Crippen LogP contribution is 2.25. The summed E-state index contributed by atoms with van der Waals surface area (Å²) in [5.74, 6) is 0.847. The highest BCUT2D eigenvalue weighted by atomic mass is 16.2. The van der Waals surface area contributed by atoms with Crippen LogP contribution in [0.5, 0.6) is 0 Å². The van der Waals surface area contributed by atoms with Crippen molar-refractivity contribution in [3.05, 3.63) is 59.7 Å². The van der Waals surface area contributed by atoms with Gasteiger partial charge in [-0.2, -0.15) is 0 Å². The van der Waals surface area contributed by atoms with Crippen LogP contribution in [0.25, 0.3) is 0 Å². The van der Waals surface area contributed by atoms with E-state index in [-0.39, 0.29) is 17.7 Å². The summed E-state index contributed by atoms with van der Waals surface area (Å²) >= 11 is 0. The molecule has 0 bridgehead atoms. The Balaban J connectivity index is 1.48. The number of benzene rings is 2. The Kier molecular flexibility index (Phi) is 5.09. The van der Waals surface area contributed by atoms with Crippen molar-refractivity contribution in [3.63, 3.8) is 0 Å². The highest BCUT2D eigenvalue weighted by molar-refractivity contribution is 6.21. The molecule has 0 aromatic heterocycles. The number of amides is 1. The third-order valence-electron chi connectivity index (χ3n) is 5.58. The molecule has 6 heteroatoms. The van der Waals surface area contributed by atoms with Crippen molar-refractivity contribution in [1.82, 2.24) is 4.90 Å². The van der Waals surface area contributed by atoms with Crippen LogP contribution in [0.15, 0.2) is 53.5 Å². The van der Waals surface area contributed by atoms with Gasteiger partial charge in [-0.05, 0) is 57.2 Å². The number of carbonyl (C=O) groups is 2. The lowest BCUT2D eigenvalue weighted by Gasteiger charge is -2.38. The number of guanidine groups is 1. The zero-order valence-electron chi connectivity index (χ0n) is 17.1. The van der Waals surface area contributed by atoms with E-state index in [2.05, 4.69) is 14.8 Å². The third-order valence-corrected chi connectivity index (χ3v) is 5.58. The Bertz CT molecular complexity index is 942. The maximum atomic E-state index is 12.8. The minimum absolute atomic E-state index is 0.0195. The quantitative estimate of drug-likeness (QED) is 0.756. The summed E-state index contributed by atoms with van der Waals surface area (Å²) in [5.41, 5.74) is 3.87. The molecule has 0 saturated carbocycles. The molecule has 0 N–H and O–H groups in total. The molecule has 0 spiro atoms. The van der Waals surface area contributed by atoms with Crippen molar-refractivity contribution in [2.45, 2.75) is 26.8 Å². The highest BCUT2D eigenvalue weighted by Gasteiger charge is 2.36. The molecule has 150 valence electrons. The number of aliphatic imine (C=N–C) groups is 1. The van der Waals surface area contributed by atoms with E-state index in [1.807, 2.05) is 62.4 Å². The minimum atomic E-state index is -0.358. The first-order chi connectivity index (χ1) is 13.9. The predicted octanol–water partition coefficient (Wildman–Crippen LogP) is 3.11. The van der Waals surface area contributed by atoms with Crippen molar-refractivity contribution in [3.8, 4) is 0 Å². The minimum Gasteiger partial charge on any atom is -0.368 e. The summed E-state index contributed by atoms with van der Waals surface area (Å²) in [4.78, 5) is 35.2. The van der Waals surface area contributed by atoms with Crippen LogP contribution in [0.1, 0.15) is 29.8 Å². The van der Waals surface area contributed by atoms with Gasteiger partial charge in [0.15, 0.2) is 5.78 Å². The molecule has 29 heavy (non-hydrogen) atoms. The lowest BCUT2D eigenvalue weighted by molar-refractivity contribution is -0.117. The molecule has 0 aliphatic carbocycles. The molecule has 1 saturated heterocycles. The van der Waals surface area contributed by atoms with E-state index in [0.29, 0.717) is 0 Å². The number of anilines is 2. The summed E-state index contributed by atoms with van der Waals surface area (Å²) < 4.78 is 0. The summed E-state index contributed by atoms with van der Waals surface area (Å²) in [6.07, 6.45) is 0. The molecule has 2 aliphatic rings. The molecule has 4 rings (SSSR count). The van der Waals surface area contributed by atoms with E-state index in [1.54, 1.807) is 11.8 Å². The lowest BCUT2D eigenvalue weighted by Crippen LogP contribution is -2.53. The SMILES string of the molecule is CC(=O)c1ccc(N2CCN(C3=NC(C)C(=O)N3c3ccc(C)cc3)CC2)cc1. The van der Waals surface area contributed by atoms with Crippen molar-refractivity contribution < 1.29 is 9.59 Å². The fraction of sp³-hybridized carbons (Fsp3) is 0.348. The van der Waals surface area contributed by atoms with Crippen LogP contribution in [0.4, 0.5) is 11.4 Å². The van der Waals surface area contributed by atoms with Gasteiger partial charge < -0.3 is 9.80 Å². The largest absolute Gasteiger partial charge is 0.368 e. The van der Waals surface area contributed by atoms with Gasteiger partial charge in [-0.15, -0.1) is 0 Å². The first-order valence-electron chi connectivity index (χ1n) is 10.0. The zero-order chi connectivity index (χ0) is 20.5.